The molecule has 12 nitrogen and oxygen atoms in total. The van der Waals surface area contributed by atoms with Crippen LogP contribution in [0.3, 0.4) is 0 Å². The molecule has 2 saturated heterocycles. The van der Waals surface area contributed by atoms with E-state index in [9.17, 15) is 24.6 Å². The molecule has 0 saturated carbocycles. The van der Waals surface area contributed by atoms with Crippen molar-refractivity contribution in [3.8, 4) is 0 Å². The van der Waals surface area contributed by atoms with Gasteiger partial charge in [0.2, 0.25) is 11.8 Å². The van der Waals surface area contributed by atoms with Gasteiger partial charge >= 0.3 is 5.97 Å². The minimum Gasteiger partial charge on any atom is -0.469 e. The molecule has 0 aromatic carbocycles. The molecule has 3 aliphatic rings. The largest absolute Gasteiger partial charge is 0.469 e. The number of carbonyl (C=O) groups is 3. The molecule has 12 heteroatoms. The van der Waals surface area contributed by atoms with Crippen molar-refractivity contribution in [3.05, 3.63) is 59.2 Å². The van der Waals surface area contributed by atoms with Gasteiger partial charge in [0.25, 0.3) is 0 Å². The fourth-order valence-corrected chi connectivity index (χ4v) is 6.22. The van der Waals surface area contributed by atoms with E-state index in [-0.39, 0.29) is 42.7 Å². The molecule has 2 fully saturated rings. The molecule has 3 aliphatic heterocycles. The standard InChI is InChI=1S/C31H42N6O6/c1-43-31(42)23-10-14-37(15-11-23)29(39)21-35-18-26-6-2-4-24(32-26)16-34(17-25-5-3-7-27(19-35)33-25)20-28(38)36-12-8-22(9-13-36)30(40)41/h2-7,22-23,30,40-41H,8-21H2,1H3. The zero-order valence-corrected chi connectivity index (χ0v) is 24.8. The molecule has 0 unspecified atom stereocenters. The number of esters is 1. The van der Waals surface area contributed by atoms with Crippen LogP contribution in [-0.4, -0.2) is 110 Å². The summed E-state index contributed by atoms with van der Waals surface area (Å²) in [5.74, 6) is -0.538. The Balaban J connectivity index is 1.27. The number of rotatable bonds is 6. The van der Waals surface area contributed by atoms with Gasteiger partial charge in [0.15, 0.2) is 6.29 Å². The second kappa shape index (κ2) is 14.3. The Hall–Kier alpha value is -3.45. The summed E-state index contributed by atoms with van der Waals surface area (Å²) in [6.07, 6.45) is 1.01. The van der Waals surface area contributed by atoms with Gasteiger partial charge in [-0.25, -0.2) is 0 Å². The number of methoxy groups -OCH3 is 1. The minimum atomic E-state index is -1.34. The van der Waals surface area contributed by atoms with Crippen molar-refractivity contribution in [1.29, 1.82) is 0 Å². The number of amides is 2. The van der Waals surface area contributed by atoms with E-state index < -0.39 is 6.29 Å². The lowest BCUT2D eigenvalue weighted by atomic mass is 9.96. The third-order valence-corrected chi connectivity index (χ3v) is 8.69. The number of likely N-dealkylation sites (tertiary alicyclic amines) is 2. The zero-order valence-electron chi connectivity index (χ0n) is 24.8. The van der Waals surface area contributed by atoms with E-state index in [1.807, 2.05) is 46.2 Å². The topological polar surface area (TPSA) is 140 Å². The number of carbonyl (C=O) groups excluding carboxylic acids is 3. The molecule has 2 amide bonds. The van der Waals surface area contributed by atoms with E-state index in [0.29, 0.717) is 78.0 Å². The third kappa shape index (κ3) is 8.35. The predicted octanol–water partition coefficient (Wildman–Crippen LogP) is 0.755. The fraction of sp³-hybridized carbons (Fsp3) is 0.581. The molecule has 0 aliphatic carbocycles. The monoisotopic (exact) mass is 594 g/mol. The summed E-state index contributed by atoms with van der Waals surface area (Å²) < 4.78 is 4.88. The average Bonchev–Trinajstić information content (AvgIpc) is 3.00. The summed E-state index contributed by atoms with van der Waals surface area (Å²) in [6, 6.07) is 11.7. The Morgan fingerprint density at radius 2 is 1.14 bits per heavy atom. The zero-order chi connectivity index (χ0) is 30.3. The molecule has 0 atom stereocenters. The van der Waals surface area contributed by atoms with Crippen LogP contribution in [0.25, 0.3) is 0 Å². The molecule has 0 spiro atoms. The van der Waals surface area contributed by atoms with Crippen molar-refractivity contribution < 1.29 is 29.3 Å². The van der Waals surface area contributed by atoms with Crippen LogP contribution in [-0.2, 0) is 45.3 Å². The molecular weight excluding hydrogens is 552 g/mol. The molecule has 2 aromatic rings. The molecule has 0 radical (unpaired) electrons. The average molecular weight is 595 g/mol. The SMILES string of the molecule is COC(=O)C1CCN(C(=O)CN2Cc3cccc(n3)CN(CC(=O)N3CCC(C(O)O)CC3)Cc3cccc(n3)C2)CC1. The maximum Gasteiger partial charge on any atom is 0.308 e. The maximum absolute atomic E-state index is 13.3. The number of aliphatic hydroxyl groups is 2. The van der Waals surface area contributed by atoms with Crippen LogP contribution >= 0.6 is 0 Å². The van der Waals surface area contributed by atoms with Gasteiger partial charge in [0.05, 0.1) is 48.9 Å². The van der Waals surface area contributed by atoms with Crippen LogP contribution in [0.4, 0.5) is 0 Å². The first-order valence-corrected chi connectivity index (χ1v) is 15.1. The van der Waals surface area contributed by atoms with Gasteiger partial charge in [-0.2, -0.15) is 0 Å². The molecule has 5 heterocycles. The molecule has 5 rings (SSSR count). The molecule has 2 aromatic heterocycles. The first-order valence-electron chi connectivity index (χ1n) is 15.1. The highest BCUT2D eigenvalue weighted by Gasteiger charge is 2.30. The van der Waals surface area contributed by atoms with E-state index in [2.05, 4.69) is 4.90 Å². The number of fused-ring (bicyclic) bond motifs is 4. The van der Waals surface area contributed by atoms with Crippen molar-refractivity contribution in [1.82, 2.24) is 29.6 Å². The Morgan fingerprint density at radius 1 is 0.744 bits per heavy atom. The van der Waals surface area contributed by atoms with Gasteiger partial charge in [-0.05, 0) is 49.9 Å². The van der Waals surface area contributed by atoms with Crippen molar-refractivity contribution in [3.63, 3.8) is 0 Å². The van der Waals surface area contributed by atoms with Gasteiger partial charge < -0.3 is 24.7 Å². The third-order valence-electron chi connectivity index (χ3n) is 8.69. The van der Waals surface area contributed by atoms with Crippen LogP contribution in [0.1, 0.15) is 48.5 Å². The second-order valence-electron chi connectivity index (χ2n) is 11.8. The number of aliphatic hydroxyl groups excluding tert-OH is 1. The van der Waals surface area contributed by atoms with E-state index in [1.165, 1.54) is 7.11 Å². The van der Waals surface area contributed by atoms with Crippen LogP contribution in [0.2, 0.25) is 0 Å². The lowest BCUT2D eigenvalue weighted by molar-refractivity contribution is -0.149. The summed E-state index contributed by atoms with van der Waals surface area (Å²) >= 11 is 0. The molecule has 4 bridgehead atoms. The van der Waals surface area contributed by atoms with Crippen molar-refractivity contribution >= 4 is 17.8 Å². The Kier molecular flexibility index (Phi) is 10.3. The molecule has 43 heavy (non-hydrogen) atoms. The fourth-order valence-electron chi connectivity index (χ4n) is 6.22. The van der Waals surface area contributed by atoms with Crippen molar-refractivity contribution in [2.45, 2.75) is 58.2 Å². The van der Waals surface area contributed by atoms with Crippen molar-refractivity contribution in [2.75, 3.05) is 46.4 Å². The number of hydrogen-bond acceptors (Lipinski definition) is 10. The number of ether oxygens (including phenoxy) is 1. The number of piperidine rings is 2. The Labute approximate surface area is 252 Å². The highest BCUT2D eigenvalue weighted by atomic mass is 16.5. The van der Waals surface area contributed by atoms with Gasteiger partial charge in [-0.15, -0.1) is 0 Å². The smallest absolute Gasteiger partial charge is 0.308 e. The maximum atomic E-state index is 13.3. The highest BCUT2D eigenvalue weighted by Crippen LogP contribution is 2.22. The Bertz CT molecular complexity index is 1220. The van der Waals surface area contributed by atoms with Crippen LogP contribution in [0.5, 0.6) is 0 Å². The van der Waals surface area contributed by atoms with E-state index in [0.717, 1.165) is 22.8 Å². The molecule has 232 valence electrons. The summed E-state index contributed by atoms with van der Waals surface area (Å²) in [6.45, 7) is 4.36. The molecule has 2 N–H and O–H groups in total. The van der Waals surface area contributed by atoms with Crippen LogP contribution in [0, 0.1) is 11.8 Å². The van der Waals surface area contributed by atoms with Gasteiger partial charge in [-0.1, -0.05) is 12.1 Å². The number of pyridine rings is 2. The highest BCUT2D eigenvalue weighted by molar-refractivity contribution is 5.79. The summed E-state index contributed by atoms with van der Waals surface area (Å²) in [4.78, 5) is 56.0. The van der Waals surface area contributed by atoms with Gasteiger partial charge in [0, 0.05) is 58.3 Å². The van der Waals surface area contributed by atoms with Crippen molar-refractivity contribution in [2.24, 2.45) is 11.8 Å². The van der Waals surface area contributed by atoms with Crippen LogP contribution in [0.15, 0.2) is 36.4 Å². The lowest BCUT2D eigenvalue weighted by Gasteiger charge is -2.34. The minimum absolute atomic E-state index is 0.00518. The quantitative estimate of drug-likeness (QED) is 0.364. The van der Waals surface area contributed by atoms with Gasteiger partial charge in [0.1, 0.15) is 0 Å². The number of aromatic nitrogens is 2. The van der Waals surface area contributed by atoms with Crippen LogP contribution < -0.4 is 0 Å². The summed E-state index contributed by atoms with van der Waals surface area (Å²) in [7, 11) is 1.40. The lowest BCUT2D eigenvalue weighted by Crippen LogP contribution is -2.45. The van der Waals surface area contributed by atoms with E-state index in [1.54, 1.807) is 4.90 Å². The van der Waals surface area contributed by atoms with E-state index in [4.69, 9.17) is 14.7 Å². The first kappa shape index (κ1) is 31.0. The second-order valence-corrected chi connectivity index (χ2v) is 11.8. The van der Waals surface area contributed by atoms with Gasteiger partial charge in [-0.3, -0.25) is 34.2 Å². The first-order chi connectivity index (χ1) is 20.8. The Morgan fingerprint density at radius 3 is 1.51 bits per heavy atom. The summed E-state index contributed by atoms with van der Waals surface area (Å²) in [5.41, 5.74) is 3.34. The number of hydrogen-bond donors (Lipinski definition) is 2. The molecular formula is C31H42N6O6. The summed E-state index contributed by atoms with van der Waals surface area (Å²) in [5, 5.41) is 19.0. The predicted molar refractivity (Wildman–Crippen MR) is 156 cm³/mol. The normalized spacial score (nSPS) is 19.5. The van der Waals surface area contributed by atoms with E-state index >= 15 is 0 Å². The number of nitrogens with zero attached hydrogens (tertiary/aromatic N) is 6.